The molecule has 2 aromatic carbocycles. The van der Waals surface area contributed by atoms with Gasteiger partial charge in [0.15, 0.2) is 0 Å². The van der Waals surface area contributed by atoms with Crippen LogP contribution in [0, 0.1) is 0 Å². The van der Waals surface area contributed by atoms with E-state index in [0.29, 0.717) is 0 Å². The molecule has 2 nitrogen and oxygen atoms in total. The normalized spacial score (nSPS) is 10.7. The largest absolute Gasteiger partial charge is 0.312 e. The first-order valence-electron chi connectivity index (χ1n) is 9.27. The molecule has 0 saturated carbocycles. The van der Waals surface area contributed by atoms with E-state index in [9.17, 15) is 4.79 Å². The van der Waals surface area contributed by atoms with Crippen molar-refractivity contribution >= 4 is 50.7 Å². The zero-order valence-electron chi connectivity index (χ0n) is 15.7. The van der Waals surface area contributed by atoms with E-state index in [2.05, 4.69) is 31.2 Å². The topological polar surface area (TPSA) is 20.3 Å². The molecule has 2 rings (SSSR count). The lowest BCUT2D eigenvalue weighted by molar-refractivity contribution is 0.259. The van der Waals surface area contributed by atoms with Gasteiger partial charge in [-0.25, -0.2) is 3.71 Å². The van der Waals surface area contributed by atoms with E-state index in [1.807, 2.05) is 40.1 Å². The minimum atomic E-state index is 0.123. The molecular weight excluding hydrogens is 411 g/mol. The predicted octanol–water partition coefficient (Wildman–Crippen LogP) is 8.07. The molecular formula is C21H27NOS4. The van der Waals surface area contributed by atoms with Gasteiger partial charge in [-0.3, -0.25) is 4.79 Å². The number of nitrogens with zero attached hydrogens (tertiary/aromatic N) is 1. The van der Waals surface area contributed by atoms with E-state index in [4.69, 9.17) is 0 Å². The number of benzene rings is 2. The standard InChI is InChI=1S/C21H27NOS4/c1-2-3-4-11-16-26-27-21(23)22(24-17-19-12-7-5-8-13-19)25-18-20-14-9-6-10-15-20/h5-10,12-15H,2-4,11,16-18H2,1H3. The van der Waals surface area contributed by atoms with Crippen LogP contribution in [0.4, 0.5) is 4.79 Å². The van der Waals surface area contributed by atoms with E-state index in [-0.39, 0.29) is 5.24 Å². The van der Waals surface area contributed by atoms with Crippen LogP contribution in [-0.4, -0.2) is 14.7 Å². The maximum atomic E-state index is 12.7. The molecule has 0 aromatic heterocycles. The summed E-state index contributed by atoms with van der Waals surface area (Å²) in [4.78, 5) is 12.7. The molecule has 0 radical (unpaired) electrons. The maximum Gasteiger partial charge on any atom is 0.312 e. The second-order valence-electron chi connectivity index (χ2n) is 6.01. The van der Waals surface area contributed by atoms with E-state index < -0.39 is 0 Å². The number of hydrogen-bond donors (Lipinski definition) is 0. The fraction of sp³-hybridized carbons (Fsp3) is 0.381. The van der Waals surface area contributed by atoms with Gasteiger partial charge in [0.05, 0.1) is 0 Å². The summed E-state index contributed by atoms with van der Waals surface area (Å²) in [5.74, 6) is 2.64. The van der Waals surface area contributed by atoms with Crippen molar-refractivity contribution in [2.45, 2.75) is 44.1 Å². The third-order valence-corrected chi connectivity index (χ3v) is 8.51. The number of amides is 1. The van der Waals surface area contributed by atoms with Crippen molar-refractivity contribution < 1.29 is 4.79 Å². The van der Waals surface area contributed by atoms with Gasteiger partial charge >= 0.3 is 5.24 Å². The number of carbonyl (C=O) groups is 1. The molecule has 0 aliphatic heterocycles. The smallest absolute Gasteiger partial charge is 0.259 e. The molecule has 0 aliphatic rings. The van der Waals surface area contributed by atoms with Crippen LogP contribution in [0.3, 0.4) is 0 Å². The van der Waals surface area contributed by atoms with Crippen molar-refractivity contribution in [3.8, 4) is 0 Å². The third kappa shape index (κ3) is 9.88. The van der Waals surface area contributed by atoms with Crippen molar-refractivity contribution in [3.05, 3.63) is 71.8 Å². The van der Waals surface area contributed by atoms with Crippen molar-refractivity contribution in [2.24, 2.45) is 0 Å². The monoisotopic (exact) mass is 437 g/mol. The van der Waals surface area contributed by atoms with Crippen LogP contribution >= 0.6 is 45.5 Å². The Bertz CT molecular complexity index is 596. The second kappa shape index (κ2) is 14.3. The van der Waals surface area contributed by atoms with E-state index in [0.717, 1.165) is 17.3 Å². The number of carbonyl (C=O) groups excluding carboxylic acids is 1. The molecule has 1 amide bonds. The highest BCUT2D eigenvalue weighted by Gasteiger charge is 2.17. The summed E-state index contributed by atoms with van der Waals surface area (Å²) in [6.07, 6.45) is 4.97. The van der Waals surface area contributed by atoms with Gasteiger partial charge in [0.2, 0.25) is 0 Å². The Morgan fingerprint density at radius 1 is 0.815 bits per heavy atom. The molecule has 0 spiro atoms. The van der Waals surface area contributed by atoms with E-state index in [1.165, 1.54) is 47.6 Å². The average molecular weight is 438 g/mol. The van der Waals surface area contributed by atoms with Crippen LogP contribution in [-0.2, 0) is 11.5 Å². The van der Waals surface area contributed by atoms with Crippen LogP contribution in [0.15, 0.2) is 60.7 Å². The minimum absolute atomic E-state index is 0.123. The second-order valence-corrected chi connectivity index (χ2v) is 10.4. The highest BCUT2D eigenvalue weighted by molar-refractivity contribution is 8.82. The van der Waals surface area contributed by atoms with E-state index >= 15 is 0 Å². The Labute approximate surface area is 180 Å². The molecule has 2 aromatic rings. The van der Waals surface area contributed by atoms with Gasteiger partial charge in [-0.15, -0.1) is 0 Å². The molecule has 0 N–H and O–H groups in total. The zero-order valence-corrected chi connectivity index (χ0v) is 19.0. The van der Waals surface area contributed by atoms with Crippen LogP contribution in [0.25, 0.3) is 0 Å². The minimum Gasteiger partial charge on any atom is -0.259 e. The van der Waals surface area contributed by atoms with Gasteiger partial charge < -0.3 is 0 Å². The summed E-state index contributed by atoms with van der Waals surface area (Å²) in [7, 11) is 3.06. The molecule has 0 bridgehead atoms. The van der Waals surface area contributed by atoms with Gasteiger partial charge in [0, 0.05) is 28.1 Å². The molecule has 0 atom stereocenters. The summed E-state index contributed by atoms with van der Waals surface area (Å²) in [6, 6.07) is 20.6. The first-order chi connectivity index (χ1) is 13.3. The molecule has 0 unspecified atom stereocenters. The van der Waals surface area contributed by atoms with Crippen molar-refractivity contribution in [1.82, 2.24) is 3.71 Å². The molecule has 146 valence electrons. The van der Waals surface area contributed by atoms with Crippen LogP contribution in [0.1, 0.15) is 43.7 Å². The van der Waals surface area contributed by atoms with Crippen LogP contribution in [0.2, 0.25) is 0 Å². The van der Waals surface area contributed by atoms with Gasteiger partial charge in [-0.1, -0.05) is 97.6 Å². The Morgan fingerprint density at radius 3 is 1.89 bits per heavy atom. The summed E-state index contributed by atoms with van der Waals surface area (Å²) < 4.78 is 1.85. The predicted molar refractivity (Wildman–Crippen MR) is 127 cm³/mol. The molecule has 0 fully saturated rings. The molecule has 0 heterocycles. The quantitative estimate of drug-likeness (QED) is 0.189. The van der Waals surface area contributed by atoms with Gasteiger partial charge in [0.1, 0.15) is 0 Å². The van der Waals surface area contributed by atoms with Crippen molar-refractivity contribution in [1.29, 1.82) is 0 Å². The lowest BCUT2D eigenvalue weighted by Gasteiger charge is -2.19. The van der Waals surface area contributed by atoms with Crippen LogP contribution in [0.5, 0.6) is 0 Å². The first-order valence-corrected chi connectivity index (χ1v) is 13.5. The Kier molecular flexibility index (Phi) is 12.0. The van der Waals surface area contributed by atoms with Crippen LogP contribution < -0.4 is 0 Å². The Balaban J connectivity index is 1.82. The first kappa shape index (κ1) is 22.6. The SMILES string of the molecule is CCCCCCSSC(=O)N(SCc1ccccc1)SCc1ccccc1. The number of hydrogen-bond acceptors (Lipinski definition) is 5. The fourth-order valence-electron chi connectivity index (χ4n) is 2.27. The third-order valence-electron chi connectivity index (χ3n) is 3.74. The number of rotatable bonds is 12. The summed E-state index contributed by atoms with van der Waals surface area (Å²) >= 11 is 3.17. The maximum absolute atomic E-state index is 12.7. The lowest BCUT2D eigenvalue weighted by Crippen LogP contribution is -2.12. The summed E-state index contributed by atoms with van der Waals surface area (Å²) in [5.41, 5.74) is 2.47. The van der Waals surface area contributed by atoms with Gasteiger partial charge in [0.25, 0.3) is 0 Å². The molecule has 0 aliphatic carbocycles. The lowest BCUT2D eigenvalue weighted by atomic mass is 10.2. The molecule has 6 heteroatoms. The zero-order chi connectivity index (χ0) is 19.2. The van der Waals surface area contributed by atoms with Crippen molar-refractivity contribution in [3.63, 3.8) is 0 Å². The van der Waals surface area contributed by atoms with E-state index in [1.54, 1.807) is 34.7 Å². The summed E-state index contributed by atoms with van der Waals surface area (Å²) in [5, 5.41) is 0.123. The summed E-state index contributed by atoms with van der Waals surface area (Å²) in [6.45, 7) is 2.22. The average Bonchev–Trinajstić information content (AvgIpc) is 2.72. The highest BCUT2D eigenvalue weighted by atomic mass is 33.1. The molecule has 27 heavy (non-hydrogen) atoms. The number of unbranched alkanes of at least 4 members (excludes halogenated alkanes) is 3. The van der Waals surface area contributed by atoms with Gasteiger partial charge in [-0.2, -0.15) is 0 Å². The Morgan fingerprint density at radius 2 is 1.37 bits per heavy atom. The Hall–Kier alpha value is -0.690. The van der Waals surface area contributed by atoms with Gasteiger partial charge in [-0.05, 0) is 41.4 Å². The fourth-order valence-corrected chi connectivity index (χ4v) is 6.53. The highest BCUT2D eigenvalue weighted by Crippen LogP contribution is 2.36. The van der Waals surface area contributed by atoms with Crippen molar-refractivity contribution in [2.75, 3.05) is 5.75 Å². The molecule has 0 saturated heterocycles.